The van der Waals surface area contributed by atoms with Crippen LogP contribution in [0.3, 0.4) is 0 Å². The molecule has 0 radical (unpaired) electrons. The lowest BCUT2D eigenvalue weighted by molar-refractivity contribution is 0.542. The number of hydrogen-bond donors (Lipinski definition) is 2. The highest BCUT2D eigenvalue weighted by Gasteiger charge is 2.03. The van der Waals surface area contributed by atoms with Gasteiger partial charge in [-0.3, -0.25) is 5.10 Å². The summed E-state index contributed by atoms with van der Waals surface area (Å²) in [4.78, 5) is 1.43. The highest BCUT2D eigenvalue weighted by molar-refractivity contribution is 7.09. The van der Waals surface area contributed by atoms with E-state index in [9.17, 15) is 0 Å². The van der Waals surface area contributed by atoms with Gasteiger partial charge in [0.25, 0.3) is 0 Å². The summed E-state index contributed by atoms with van der Waals surface area (Å²) in [5.41, 5.74) is 1.13. The third kappa shape index (κ3) is 3.18. The minimum absolute atomic E-state index is 0.493. The largest absolute Gasteiger partial charge is 0.308 e. The van der Waals surface area contributed by atoms with Crippen molar-refractivity contribution in [3.63, 3.8) is 0 Å². The van der Waals surface area contributed by atoms with E-state index in [4.69, 9.17) is 0 Å². The number of nitrogens with one attached hydrogen (secondary N) is 2. The quantitative estimate of drug-likeness (QED) is 0.812. The molecule has 0 saturated heterocycles. The summed E-state index contributed by atoms with van der Waals surface area (Å²) in [5.74, 6) is 0. The predicted molar refractivity (Wildman–Crippen MR) is 62.9 cm³/mol. The molecule has 2 aromatic heterocycles. The summed E-state index contributed by atoms with van der Waals surface area (Å²) in [6.07, 6.45) is 2.87. The molecule has 80 valence electrons. The second-order valence-corrected chi connectivity index (χ2v) is 4.68. The average Bonchev–Trinajstić information content (AvgIpc) is 2.86. The fourth-order valence-electron chi connectivity index (χ4n) is 1.47. The summed E-state index contributed by atoms with van der Waals surface area (Å²) in [6, 6.07) is 6.76. The van der Waals surface area contributed by atoms with Gasteiger partial charge in [0.15, 0.2) is 0 Å². The van der Waals surface area contributed by atoms with Crippen molar-refractivity contribution in [1.82, 2.24) is 15.5 Å². The minimum Gasteiger partial charge on any atom is -0.308 e. The van der Waals surface area contributed by atoms with Crippen LogP contribution in [0.25, 0.3) is 0 Å². The normalized spacial score (nSPS) is 12.9. The molecule has 0 bridgehead atoms. The van der Waals surface area contributed by atoms with E-state index in [1.165, 1.54) is 4.88 Å². The molecule has 0 fully saturated rings. The lowest BCUT2D eigenvalue weighted by atomic mass is 10.2. The van der Waals surface area contributed by atoms with Gasteiger partial charge >= 0.3 is 0 Å². The Morgan fingerprint density at radius 1 is 1.53 bits per heavy atom. The standard InChI is InChI=1S/C11H15N3S/c1-9(7-11-3-2-6-15-11)12-8-10-4-5-13-14-10/h2-6,9,12H,7-8H2,1H3,(H,13,14). The Kier molecular flexibility index (Phi) is 3.53. The van der Waals surface area contributed by atoms with Crippen LogP contribution in [0.5, 0.6) is 0 Å². The zero-order valence-corrected chi connectivity index (χ0v) is 9.55. The highest BCUT2D eigenvalue weighted by atomic mass is 32.1. The molecule has 15 heavy (non-hydrogen) atoms. The molecule has 0 spiro atoms. The molecule has 3 nitrogen and oxygen atoms in total. The van der Waals surface area contributed by atoms with Crippen molar-refractivity contribution in [3.8, 4) is 0 Å². The zero-order chi connectivity index (χ0) is 10.5. The van der Waals surface area contributed by atoms with E-state index < -0.39 is 0 Å². The van der Waals surface area contributed by atoms with Crippen LogP contribution in [-0.4, -0.2) is 16.2 Å². The maximum atomic E-state index is 3.91. The lowest BCUT2D eigenvalue weighted by Gasteiger charge is -2.11. The smallest absolute Gasteiger partial charge is 0.0490 e. The van der Waals surface area contributed by atoms with Crippen LogP contribution in [0.4, 0.5) is 0 Å². The number of hydrogen-bond acceptors (Lipinski definition) is 3. The third-order valence-electron chi connectivity index (χ3n) is 2.29. The molecule has 1 unspecified atom stereocenters. The van der Waals surface area contributed by atoms with Crippen molar-refractivity contribution in [2.24, 2.45) is 0 Å². The van der Waals surface area contributed by atoms with E-state index in [1.807, 2.05) is 17.4 Å². The number of rotatable bonds is 5. The third-order valence-corrected chi connectivity index (χ3v) is 3.19. The summed E-state index contributed by atoms with van der Waals surface area (Å²) < 4.78 is 0. The van der Waals surface area contributed by atoms with E-state index in [0.29, 0.717) is 6.04 Å². The van der Waals surface area contributed by atoms with Crippen LogP contribution >= 0.6 is 11.3 Å². The van der Waals surface area contributed by atoms with Crippen LogP contribution < -0.4 is 5.32 Å². The monoisotopic (exact) mass is 221 g/mol. The fourth-order valence-corrected chi connectivity index (χ4v) is 2.31. The number of nitrogens with zero attached hydrogens (tertiary/aromatic N) is 1. The molecule has 0 aliphatic carbocycles. The van der Waals surface area contributed by atoms with Crippen LogP contribution in [-0.2, 0) is 13.0 Å². The Hall–Kier alpha value is -1.13. The molecule has 1 atom stereocenters. The zero-order valence-electron chi connectivity index (χ0n) is 8.73. The number of aromatic nitrogens is 2. The summed E-state index contributed by atoms with van der Waals surface area (Å²) in [5, 5.41) is 12.4. The molecule has 0 amide bonds. The molecule has 0 saturated carbocycles. The van der Waals surface area contributed by atoms with Gasteiger partial charge in [0.05, 0.1) is 0 Å². The average molecular weight is 221 g/mol. The van der Waals surface area contributed by atoms with Gasteiger partial charge in [0, 0.05) is 29.4 Å². The molecule has 2 N–H and O–H groups in total. The van der Waals surface area contributed by atoms with Crippen molar-refractivity contribution in [2.75, 3.05) is 0 Å². The molecular formula is C11H15N3S. The van der Waals surface area contributed by atoms with E-state index in [0.717, 1.165) is 18.7 Å². The van der Waals surface area contributed by atoms with Gasteiger partial charge in [-0.15, -0.1) is 11.3 Å². The minimum atomic E-state index is 0.493. The lowest BCUT2D eigenvalue weighted by Crippen LogP contribution is -2.27. The van der Waals surface area contributed by atoms with Gasteiger partial charge in [0.1, 0.15) is 0 Å². The van der Waals surface area contributed by atoms with Gasteiger partial charge in [-0.1, -0.05) is 6.07 Å². The van der Waals surface area contributed by atoms with Gasteiger partial charge in [-0.2, -0.15) is 5.10 Å². The molecular weight excluding hydrogens is 206 g/mol. The van der Waals surface area contributed by atoms with E-state index >= 15 is 0 Å². The van der Waals surface area contributed by atoms with Crippen LogP contribution in [0.15, 0.2) is 29.8 Å². The van der Waals surface area contributed by atoms with Crippen LogP contribution in [0, 0.1) is 0 Å². The molecule has 2 heterocycles. The van der Waals surface area contributed by atoms with E-state index in [2.05, 4.69) is 40.0 Å². The second-order valence-electron chi connectivity index (χ2n) is 3.65. The fraction of sp³-hybridized carbons (Fsp3) is 0.364. The Labute approximate surface area is 93.5 Å². The molecule has 0 aliphatic heterocycles. The summed E-state index contributed by atoms with van der Waals surface area (Å²) >= 11 is 1.81. The first kappa shape index (κ1) is 10.4. The van der Waals surface area contributed by atoms with Gasteiger partial charge < -0.3 is 5.32 Å². The van der Waals surface area contributed by atoms with Gasteiger partial charge in [0.2, 0.25) is 0 Å². The topological polar surface area (TPSA) is 40.7 Å². The maximum absolute atomic E-state index is 3.91. The van der Waals surface area contributed by atoms with E-state index in [1.54, 1.807) is 6.20 Å². The Morgan fingerprint density at radius 3 is 3.13 bits per heavy atom. The summed E-state index contributed by atoms with van der Waals surface area (Å²) in [6.45, 7) is 3.06. The van der Waals surface area contributed by atoms with Crippen molar-refractivity contribution < 1.29 is 0 Å². The first-order valence-corrected chi connectivity index (χ1v) is 5.96. The van der Waals surface area contributed by atoms with E-state index in [-0.39, 0.29) is 0 Å². The second kappa shape index (κ2) is 5.09. The number of thiophene rings is 1. The summed E-state index contributed by atoms with van der Waals surface area (Å²) in [7, 11) is 0. The first-order valence-electron chi connectivity index (χ1n) is 5.08. The highest BCUT2D eigenvalue weighted by Crippen LogP contribution is 2.11. The van der Waals surface area contributed by atoms with Gasteiger partial charge in [-0.25, -0.2) is 0 Å². The molecule has 2 aromatic rings. The molecule has 0 aliphatic rings. The van der Waals surface area contributed by atoms with Crippen molar-refractivity contribution in [2.45, 2.75) is 25.9 Å². The number of H-pyrrole nitrogens is 1. The Morgan fingerprint density at radius 2 is 2.47 bits per heavy atom. The van der Waals surface area contributed by atoms with Crippen molar-refractivity contribution in [1.29, 1.82) is 0 Å². The number of aromatic amines is 1. The SMILES string of the molecule is CC(Cc1cccs1)NCc1ccn[nH]1. The van der Waals surface area contributed by atoms with Crippen LogP contribution in [0.1, 0.15) is 17.5 Å². The Balaban J connectivity index is 1.76. The first-order chi connectivity index (χ1) is 7.34. The molecule has 0 aromatic carbocycles. The predicted octanol–water partition coefficient (Wildman–Crippen LogP) is 2.19. The van der Waals surface area contributed by atoms with Crippen LogP contribution in [0.2, 0.25) is 0 Å². The maximum Gasteiger partial charge on any atom is 0.0490 e. The molecule has 2 rings (SSSR count). The van der Waals surface area contributed by atoms with Crippen molar-refractivity contribution >= 4 is 11.3 Å². The molecule has 4 heteroatoms. The van der Waals surface area contributed by atoms with Gasteiger partial charge in [-0.05, 0) is 30.9 Å². The van der Waals surface area contributed by atoms with Crippen molar-refractivity contribution in [3.05, 3.63) is 40.3 Å². The Bertz CT molecular complexity index is 366.